The topological polar surface area (TPSA) is 49.8 Å². The normalized spacial score (nSPS) is 12.5. The SMILES string of the molecule is CCCCC(=O)N(CC)CC(O)OCC. The van der Waals surface area contributed by atoms with E-state index >= 15 is 0 Å². The smallest absolute Gasteiger partial charge is 0.222 e. The number of aliphatic hydroxyl groups is 1. The number of carbonyl (C=O) groups is 1. The number of unbranched alkanes of at least 4 members (excludes halogenated alkanes) is 1. The van der Waals surface area contributed by atoms with Crippen LogP contribution in [0.5, 0.6) is 0 Å². The van der Waals surface area contributed by atoms with Gasteiger partial charge in [-0.1, -0.05) is 13.3 Å². The highest BCUT2D eigenvalue weighted by atomic mass is 16.6. The second-order valence-electron chi connectivity index (χ2n) is 3.45. The first-order chi connectivity index (χ1) is 7.15. The molecule has 1 N–H and O–H groups in total. The average molecular weight is 217 g/mol. The van der Waals surface area contributed by atoms with Crippen LogP contribution in [0.4, 0.5) is 0 Å². The first kappa shape index (κ1) is 14.4. The number of likely N-dealkylation sites (N-methyl/N-ethyl adjacent to an activating group) is 1. The maximum atomic E-state index is 11.6. The molecule has 0 aliphatic rings. The molecule has 0 rings (SSSR count). The third-order valence-corrected chi connectivity index (χ3v) is 2.21. The van der Waals surface area contributed by atoms with Crippen molar-refractivity contribution in [1.29, 1.82) is 0 Å². The molecule has 90 valence electrons. The van der Waals surface area contributed by atoms with Crippen LogP contribution in [-0.4, -0.2) is 41.9 Å². The van der Waals surface area contributed by atoms with Crippen molar-refractivity contribution in [3.8, 4) is 0 Å². The molecule has 0 saturated heterocycles. The Hall–Kier alpha value is -0.610. The quantitative estimate of drug-likeness (QED) is 0.625. The Morgan fingerprint density at radius 2 is 2.07 bits per heavy atom. The van der Waals surface area contributed by atoms with Crippen LogP contribution in [0.3, 0.4) is 0 Å². The summed E-state index contributed by atoms with van der Waals surface area (Å²) in [4.78, 5) is 13.3. The van der Waals surface area contributed by atoms with Crippen molar-refractivity contribution in [2.45, 2.75) is 46.3 Å². The van der Waals surface area contributed by atoms with E-state index in [1.54, 1.807) is 4.90 Å². The Morgan fingerprint density at radius 3 is 2.53 bits per heavy atom. The van der Waals surface area contributed by atoms with Crippen molar-refractivity contribution in [3.63, 3.8) is 0 Å². The molecule has 1 unspecified atom stereocenters. The monoisotopic (exact) mass is 217 g/mol. The van der Waals surface area contributed by atoms with E-state index in [0.29, 0.717) is 19.6 Å². The minimum absolute atomic E-state index is 0.0955. The van der Waals surface area contributed by atoms with Gasteiger partial charge in [-0.25, -0.2) is 0 Å². The second-order valence-corrected chi connectivity index (χ2v) is 3.45. The zero-order valence-corrected chi connectivity index (χ0v) is 10.0. The van der Waals surface area contributed by atoms with E-state index < -0.39 is 6.29 Å². The van der Waals surface area contributed by atoms with Crippen molar-refractivity contribution in [1.82, 2.24) is 4.90 Å². The molecule has 0 radical (unpaired) electrons. The van der Waals surface area contributed by atoms with Gasteiger partial charge in [-0.2, -0.15) is 0 Å². The Morgan fingerprint density at radius 1 is 1.40 bits per heavy atom. The van der Waals surface area contributed by atoms with Gasteiger partial charge in [-0.3, -0.25) is 4.79 Å². The van der Waals surface area contributed by atoms with Gasteiger partial charge in [0.2, 0.25) is 5.91 Å². The van der Waals surface area contributed by atoms with E-state index in [0.717, 1.165) is 12.8 Å². The summed E-state index contributed by atoms with van der Waals surface area (Å²) < 4.78 is 4.99. The number of carbonyl (C=O) groups excluding carboxylic acids is 1. The van der Waals surface area contributed by atoms with Gasteiger partial charge in [0.1, 0.15) is 0 Å². The zero-order chi connectivity index (χ0) is 11.7. The molecule has 1 atom stereocenters. The van der Waals surface area contributed by atoms with Crippen LogP contribution in [0.15, 0.2) is 0 Å². The lowest BCUT2D eigenvalue weighted by molar-refractivity contribution is -0.143. The Labute approximate surface area is 92.2 Å². The largest absolute Gasteiger partial charge is 0.366 e. The van der Waals surface area contributed by atoms with Crippen LogP contribution in [0.2, 0.25) is 0 Å². The summed E-state index contributed by atoms with van der Waals surface area (Å²) in [7, 11) is 0. The number of nitrogens with zero attached hydrogens (tertiary/aromatic N) is 1. The van der Waals surface area contributed by atoms with Crippen LogP contribution in [0.25, 0.3) is 0 Å². The van der Waals surface area contributed by atoms with Gasteiger partial charge in [-0.15, -0.1) is 0 Å². The number of aliphatic hydroxyl groups excluding tert-OH is 1. The van der Waals surface area contributed by atoms with E-state index in [2.05, 4.69) is 6.92 Å². The lowest BCUT2D eigenvalue weighted by atomic mass is 10.2. The molecule has 4 nitrogen and oxygen atoms in total. The first-order valence-corrected chi connectivity index (χ1v) is 5.73. The number of hydrogen-bond donors (Lipinski definition) is 1. The highest BCUT2D eigenvalue weighted by Gasteiger charge is 2.15. The van der Waals surface area contributed by atoms with E-state index in [9.17, 15) is 9.90 Å². The summed E-state index contributed by atoms with van der Waals surface area (Å²) in [5.74, 6) is 0.0955. The highest BCUT2D eigenvalue weighted by Crippen LogP contribution is 2.02. The van der Waals surface area contributed by atoms with Gasteiger partial charge < -0.3 is 14.7 Å². The lowest BCUT2D eigenvalue weighted by Gasteiger charge is -2.23. The summed E-state index contributed by atoms with van der Waals surface area (Å²) in [6.07, 6.45) is 1.61. The predicted molar refractivity (Wildman–Crippen MR) is 59.4 cm³/mol. The van der Waals surface area contributed by atoms with E-state index in [1.807, 2.05) is 13.8 Å². The number of hydrogen-bond acceptors (Lipinski definition) is 3. The number of amides is 1. The Bertz CT molecular complexity index is 173. The summed E-state index contributed by atoms with van der Waals surface area (Å²) in [6.45, 7) is 7.13. The van der Waals surface area contributed by atoms with Gasteiger partial charge in [0.25, 0.3) is 0 Å². The maximum Gasteiger partial charge on any atom is 0.222 e. The molecule has 1 amide bonds. The fourth-order valence-corrected chi connectivity index (χ4v) is 1.33. The number of rotatable bonds is 8. The number of ether oxygens (including phenoxy) is 1. The molecule has 0 aromatic heterocycles. The van der Waals surface area contributed by atoms with Crippen LogP contribution in [-0.2, 0) is 9.53 Å². The molecular formula is C11H23NO3. The van der Waals surface area contributed by atoms with Crippen LogP contribution in [0.1, 0.15) is 40.0 Å². The average Bonchev–Trinajstić information content (AvgIpc) is 2.22. The molecule has 4 heteroatoms. The maximum absolute atomic E-state index is 11.6. The minimum atomic E-state index is -0.861. The fourth-order valence-electron chi connectivity index (χ4n) is 1.33. The molecular weight excluding hydrogens is 194 g/mol. The third kappa shape index (κ3) is 6.47. The standard InChI is InChI=1S/C11H23NO3/c1-4-7-8-10(13)12(5-2)9-11(14)15-6-3/h11,14H,4-9H2,1-3H3. The minimum Gasteiger partial charge on any atom is -0.366 e. The van der Waals surface area contributed by atoms with Gasteiger partial charge in [0.15, 0.2) is 6.29 Å². The molecule has 15 heavy (non-hydrogen) atoms. The van der Waals surface area contributed by atoms with Gasteiger partial charge in [0, 0.05) is 19.6 Å². The summed E-state index contributed by atoms with van der Waals surface area (Å²) in [6, 6.07) is 0. The molecule has 0 aliphatic carbocycles. The van der Waals surface area contributed by atoms with E-state index in [1.165, 1.54) is 0 Å². The molecule has 0 fully saturated rings. The zero-order valence-electron chi connectivity index (χ0n) is 10.0. The van der Waals surface area contributed by atoms with Gasteiger partial charge in [-0.05, 0) is 20.3 Å². The Balaban J connectivity index is 3.94. The van der Waals surface area contributed by atoms with Crippen molar-refractivity contribution < 1.29 is 14.6 Å². The van der Waals surface area contributed by atoms with Crippen molar-refractivity contribution >= 4 is 5.91 Å². The molecule has 0 heterocycles. The molecule has 0 aromatic carbocycles. The van der Waals surface area contributed by atoms with E-state index in [-0.39, 0.29) is 12.5 Å². The summed E-state index contributed by atoms with van der Waals surface area (Å²) >= 11 is 0. The first-order valence-electron chi connectivity index (χ1n) is 5.73. The van der Waals surface area contributed by atoms with Crippen LogP contribution in [0, 0.1) is 0 Å². The van der Waals surface area contributed by atoms with Gasteiger partial charge >= 0.3 is 0 Å². The van der Waals surface area contributed by atoms with E-state index in [4.69, 9.17) is 4.74 Å². The molecule has 0 aromatic rings. The Kier molecular flexibility index (Phi) is 8.33. The van der Waals surface area contributed by atoms with Crippen molar-refractivity contribution in [3.05, 3.63) is 0 Å². The fraction of sp³-hybridized carbons (Fsp3) is 0.909. The van der Waals surface area contributed by atoms with Crippen molar-refractivity contribution in [2.75, 3.05) is 19.7 Å². The summed E-state index contributed by atoms with van der Waals surface area (Å²) in [5, 5.41) is 9.41. The highest BCUT2D eigenvalue weighted by molar-refractivity contribution is 5.76. The molecule has 0 spiro atoms. The van der Waals surface area contributed by atoms with Gasteiger partial charge in [0.05, 0.1) is 6.54 Å². The molecule has 0 saturated carbocycles. The third-order valence-electron chi connectivity index (χ3n) is 2.21. The summed E-state index contributed by atoms with van der Waals surface area (Å²) in [5.41, 5.74) is 0. The second kappa shape index (κ2) is 8.68. The predicted octanol–water partition coefficient (Wildman–Crippen LogP) is 1.38. The lowest BCUT2D eigenvalue weighted by Crippen LogP contribution is -2.38. The van der Waals surface area contributed by atoms with Crippen LogP contribution >= 0.6 is 0 Å². The van der Waals surface area contributed by atoms with Crippen molar-refractivity contribution in [2.24, 2.45) is 0 Å². The molecule has 0 aliphatic heterocycles. The molecule has 0 bridgehead atoms. The van der Waals surface area contributed by atoms with Crippen LogP contribution < -0.4 is 0 Å².